The lowest BCUT2D eigenvalue weighted by molar-refractivity contribution is 0.0861. The van der Waals surface area contributed by atoms with Crippen LogP contribution in [0.15, 0.2) is 12.3 Å². The Kier molecular flexibility index (Phi) is 4.40. The minimum absolute atomic E-state index is 0.0412. The van der Waals surface area contributed by atoms with E-state index in [2.05, 4.69) is 26.1 Å². The van der Waals surface area contributed by atoms with Crippen molar-refractivity contribution in [1.29, 1.82) is 0 Å². The number of carbonyl (C=O) groups is 1. The molecule has 0 bridgehead atoms. The standard InChI is InChI=1S/C13H23N3O2/c1-13(2,3)6-10(17)7-15-12(18)11-5-9(14)8-16(11)4/h5,8,10,17H,6-7,14H2,1-4H3,(H,15,18). The van der Waals surface area contributed by atoms with Gasteiger partial charge in [0.2, 0.25) is 0 Å². The van der Waals surface area contributed by atoms with Crippen LogP contribution in [0, 0.1) is 5.41 Å². The van der Waals surface area contributed by atoms with E-state index in [1.807, 2.05) is 0 Å². The Bertz CT molecular complexity index is 418. The predicted octanol–water partition coefficient (Wildman–Crippen LogP) is 1.13. The Hall–Kier alpha value is -1.49. The third kappa shape index (κ3) is 4.41. The fraction of sp³-hybridized carbons (Fsp3) is 0.615. The maximum absolute atomic E-state index is 11.9. The number of carbonyl (C=O) groups excluding carboxylic acids is 1. The number of nitrogens with one attached hydrogen (secondary N) is 1. The van der Waals surface area contributed by atoms with E-state index in [1.165, 1.54) is 0 Å². The van der Waals surface area contributed by atoms with Gasteiger partial charge in [-0.25, -0.2) is 0 Å². The number of hydrogen-bond donors (Lipinski definition) is 3. The number of amides is 1. The van der Waals surface area contributed by atoms with E-state index in [1.54, 1.807) is 23.9 Å². The number of aromatic nitrogens is 1. The molecule has 1 aromatic heterocycles. The largest absolute Gasteiger partial charge is 0.397 e. The fourth-order valence-corrected chi connectivity index (χ4v) is 1.90. The van der Waals surface area contributed by atoms with Gasteiger partial charge in [0.15, 0.2) is 0 Å². The highest BCUT2D eigenvalue weighted by Gasteiger charge is 2.18. The van der Waals surface area contributed by atoms with Gasteiger partial charge in [-0.15, -0.1) is 0 Å². The summed E-state index contributed by atoms with van der Waals surface area (Å²) in [7, 11) is 1.76. The Labute approximate surface area is 108 Å². The molecule has 1 amide bonds. The van der Waals surface area contributed by atoms with Crippen molar-refractivity contribution in [2.75, 3.05) is 12.3 Å². The Morgan fingerprint density at radius 1 is 1.56 bits per heavy atom. The van der Waals surface area contributed by atoms with Gasteiger partial charge in [-0.1, -0.05) is 20.8 Å². The number of hydrogen-bond acceptors (Lipinski definition) is 3. The fourth-order valence-electron chi connectivity index (χ4n) is 1.90. The SMILES string of the molecule is Cn1cc(N)cc1C(=O)NCC(O)CC(C)(C)C. The van der Waals surface area contributed by atoms with E-state index < -0.39 is 6.10 Å². The van der Waals surface area contributed by atoms with Crippen molar-refractivity contribution in [1.82, 2.24) is 9.88 Å². The highest BCUT2D eigenvalue weighted by molar-refractivity contribution is 5.93. The maximum atomic E-state index is 11.9. The van der Waals surface area contributed by atoms with E-state index >= 15 is 0 Å². The zero-order valence-corrected chi connectivity index (χ0v) is 11.5. The van der Waals surface area contributed by atoms with Gasteiger partial charge in [0, 0.05) is 19.8 Å². The molecule has 0 radical (unpaired) electrons. The summed E-state index contributed by atoms with van der Waals surface area (Å²) in [4.78, 5) is 11.9. The lowest BCUT2D eigenvalue weighted by Gasteiger charge is -2.22. The molecule has 5 nitrogen and oxygen atoms in total. The third-order valence-corrected chi connectivity index (χ3v) is 2.60. The smallest absolute Gasteiger partial charge is 0.268 e. The molecule has 102 valence electrons. The number of nitrogens with zero attached hydrogens (tertiary/aromatic N) is 1. The average Bonchev–Trinajstić information content (AvgIpc) is 2.52. The molecule has 1 unspecified atom stereocenters. The Balaban J connectivity index is 2.49. The van der Waals surface area contributed by atoms with E-state index in [-0.39, 0.29) is 17.9 Å². The van der Waals surface area contributed by atoms with Gasteiger partial charge in [-0.2, -0.15) is 0 Å². The topological polar surface area (TPSA) is 80.3 Å². The maximum Gasteiger partial charge on any atom is 0.268 e. The second-order valence-corrected chi connectivity index (χ2v) is 5.90. The molecule has 0 aliphatic carbocycles. The lowest BCUT2D eigenvalue weighted by atomic mass is 9.89. The molecule has 0 fully saturated rings. The van der Waals surface area contributed by atoms with E-state index in [0.717, 1.165) is 0 Å². The second kappa shape index (κ2) is 5.44. The molecule has 1 heterocycles. The second-order valence-electron chi connectivity index (χ2n) is 5.90. The summed E-state index contributed by atoms with van der Waals surface area (Å²) in [5.41, 5.74) is 6.70. The van der Waals surface area contributed by atoms with Crippen LogP contribution in [0.5, 0.6) is 0 Å². The monoisotopic (exact) mass is 253 g/mol. The zero-order valence-electron chi connectivity index (χ0n) is 11.5. The third-order valence-electron chi connectivity index (χ3n) is 2.60. The minimum atomic E-state index is -0.536. The Morgan fingerprint density at radius 2 is 2.17 bits per heavy atom. The number of aliphatic hydroxyl groups excluding tert-OH is 1. The lowest BCUT2D eigenvalue weighted by Crippen LogP contribution is -2.34. The van der Waals surface area contributed by atoms with Crippen LogP contribution in [0.3, 0.4) is 0 Å². The van der Waals surface area contributed by atoms with Crippen LogP contribution < -0.4 is 11.1 Å². The Morgan fingerprint density at radius 3 is 2.61 bits per heavy atom. The molecule has 1 atom stereocenters. The van der Waals surface area contributed by atoms with Crippen molar-refractivity contribution in [3.05, 3.63) is 18.0 Å². The molecular formula is C13H23N3O2. The first-order valence-corrected chi connectivity index (χ1v) is 6.07. The number of rotatable bonds is 4. The van der Waals surface area contributed by atoms with Crippen LogP contribution in [0.1, 0.15) is 37.7 Å². The van der Waals surface area contributed by atoms with Crippen molar-refractivity contribution in [3.63, 3.8) is 0 Å². The van der Waals surface area contributed by atoms with Crippen LogP contribution >= 0.6 is 0 Å². The molecule has 1 aromatic rings. The molecule has 0 aliphatic rings. The number of aryl methyl sites for hydroxylation is 1. The first-order valence-electron chi connectivity index (χ1n) is 6.07. The van der Waals surface area contributed by atoms with E-state index in [9.17, 15) is 9.90 Å². The summed E-state index contributed by atoms with van der Waals surface area (Å²) < 4.78 is 1.67. The van der Waals surface area contributed by atoms with Crippen LogP contribution in [0.25, 0.3) is 0 Å². The number of nitrogens with two attached hydrogens (primary N) is 1. The normalized spacial score (nSPS) is 13.4. The molecule has 1 rings (SSSR count). The summed E-state index contributed by atoms with van der Waals surface area (Å²) in [6.07, 6.45) is 1.79. The summed E-state index contributed by atoms with van der Waals surface area (Å²) in [5.74, 6) is -0.220. The molecule has 0 saturated carbocycles. The molecule has 18 heavy (non-hydrogen) atoms. The number of aliphatic hydroxyl groups is 1. The summed E-state index contributed by atoms with van der Waals surface area (Å²) >= 11 is 0. The van der Waals surface area contributed by atoms with Crippen LogP contribution in [-0.2, 0) is 7.05 Å². The van der Waals surface area contributed by atoms with Gasteiger partial charge in [-0.3, -0.25) is 4.79 Å². The molecular weight excluding hydrogens is 230 g/mol. The molecule has 0 saturated heterocycles. The van der Waals surface area contributed by atoms with Gasteiger partial charge >= 0.3 is 0 Å². The van der Waals surface area contributed by atoms with Crippen LogP contribution in [0.4, 0.5) is 5.69 Å². The number of nitrogen functional groups attached to an aromatic ring is 1. The molecule has 5 heteroatoms. The summed E-state index contributed by atoms with van der Waals surface area (Å²) in [5, 5.41) is 12.5. The molecule has 0 aliphatic heterocycles. The first-order chi connectivity index (χ1) is 8.19. The average molecular weight is 253 g/mol. The van der Waals surface area contributed by atoms with Gasteiger partial charge in [-0.05, 0) is 17.9 Å². The summed E-state index contributed by atoms with van der Waals surface area (Å²) in [6.45, 7) is 6.41. The minimum Gasteiger partial charge on any atom is -0.397 e. The number of anilines is 1. The van der Waals surface area contributed by atoms with Crippen molar-refractivity contribution >= 4 is 11.6 Å². The van der Waals surface area contributed by atoms with Gasteiger partial charge in [0.25, 0.3) is 5.91 Å². The molecule has 0 aromatic carbocycles. The van der Waals surface area contributed by atoms with E-state index in [4.69, 9.17) is 5.73 Å². The highest BCUT2D eigenvalue weighted by atomic mass is 16.3. The highest BCUT2D eigenvalue weighted by Crippen LogP contribution is 2.20. The van der Waals surface area contributed by atoms with Gasteiger partial charge in [0.1, 0.15) is 5.69 Å². The van der Waals surface area contributed by atoms with Crippen LogP contribution in [0.2, 0.25) is 0 Å². The predicted molar refractivity (Wildman–Crippen MR) is 72.2 cm³/mol. The van der Waals surface area contributed by atoms with Crippen molar-refractivity contribution < 1.29 is 9.90 Å². The molecule has 0 spiro atoms. The van der Waals surface area contributed by atoms with Gasteiger partial charge in [0.05, 0.1) is 11.8 Å². The van der Waals surface area contributed by atoms with E-state index in [0.29, 0.717) is 17.8 Å². The molecule has 4 N–H and O–H groups in total. The van der Waals surface area contributed by atoms with Crippen molar-refractivity contribution in [3.8, 4) is 0 Å². The van der Waals surface area contributed by atoms with Crippen LogP contribution in [-0.4, -0.2) is 28.2 Å². The zero-order chi connectivity index (χ0) is 13.9. The van der Waals surface area contributed by atoms with Crippen molar-refractivity contribution in [2.45, 2.75) is 33.3 Å². The summed E-state index contributed by atoms with van der Waals surface area (Å²) in [6, 6.07) is 1.62. The van der Waals surface area contributed by atoms with Gasteiger partial charge < -0.3 is 20.7 Å². The first kappa shape index (κ1) is 14.6. The quantitative estimate of drug-likeness (QED) is 0.752. The van der Waals surface area contributed by atoms with Crippen molar-refractivity contribution in [2.24, 2.45) is 12.5 Å².